The number of hydrogen-bond donors (Lipinski definition) is 2. The van der Waals surface area contributed by atoms with Crippen LogP contribution in [0.4, 0.5) is 10.1 Å². The molecule has 0 fully saturated rings. The van der Waals surface area contributed by atoms with Gasteiger partial charge in [-0.05, 0) is 31.2 Å². The minimum atomic E-state index is -4.11. The molecule has 0 saturated carbocycles. The molecule has 1 atom stereocenters. The van der Waals surface area contributed by atoms with Crippen molar-refractivity contribution in [3.8, 4) is 0 Å². The van der Waals surface area contributed by atoms with Crippen molar-refractivity contribution >= 4 is 27.3 Å². The highest BCUT2D eigenvalue weighted by Gasteiger charge is 2.25. The molecule has 0 saturated heterocycles. The van der Waals surface area contributed by atoms with Gasteiger partial charge < -0.3 is 10.2 Å². The van der Waals surface area contributed by atoms with Crippen LogP contribution in [0, 0.1) is 5.82 Å². The summed E-state index contributed by atoms with van der Waals surface area (Å²) in [5.41, 5.74) is 5.04. The fourth-order valence-corrected chi connectivity index (χ4v) is 3.31. The van der Waals surface area contributed by atoms with E-state index < -0.39 is 26.8 Å². The molecule has 2 aromatic rings. The molecule has 0 amide bonds. The Hall–Kier alpha value is -1.57. The maximum absolute atomic E-state index is 13.8. The molecule has 0 spiro atoms. The zero-order valence-corrected chi connectivity index (χ0v) is 12.0. The van der Waals surface area contributed by atoms with Gasteiger partial charge in [0.25, 0.3) is 0 Å². The first-order chi connectivity index (χ1) is 9.31. The number of halogens is 2. The van der Waals surface area contributed by atoms with Gasteiger partial charge in [0.05, 0.1) is 18.0 Å². The van der Waals surface area contributed by atoms with Crippen LogP contribution in [0.5, 0.6) is 0 Å². The smallest absolute Gasteiger partial charge is 0.244 e. The molecule has 20 heavy (non-hydrogen) atoms. The van der Waals surface area contributed by atoms with Crippen LogP contribution in [0.15, 0.2) is 39.8 Å². The third-order valence-electron chi connectivity index (χ3n) is 2.62. The normalized spacial score (nSPS) is 13.3. The molecule has 1 aromatic heterocycles. The van der Waals surface area contributed by atoms with Crippen LogP contribution in [0.2, 0.25) is 5.02 Å². The van der Waals surface area contributed by atoms with E-state index in [1.165, 1.54) is 6.26 Å². The Bertz CT molecular complexity index is 717. The van der Waals surface area contributed by atoms with Crippen molar-refractivity contribution in [3.63, 3.8) is 0 Å². The number of nitrogens with two attached hydrogens (primary N) is 1. The third-order valence-corrected chi connectivity index (χ3v) is 4.38. The van der Waals surface area contributed by atoms with Crippen molar-refractivity contribution in [2.75, 3.05) is 5.73 Å². The van der Waals surface area contributed by atoms with E-state index in [9.17, 15) is 12.8 Å². The number of nitrogen functional groups attached to an aromatic ring is 1. The first-order valence-electron chi connectivity index (χ1n) is 5.61. The van der Waals surface area contributed by atoms with Gasteiger partial charge in [-0.1, -0.05) is 11.6 Å². The number of sulfonamides is 1. The topological polar surface area (TPSA) is 85.3 Å². The molecule has 108 valence electrons. The third kappa shape index (κ3) is 2.95. The van der Waals surface area contributed by atoms with Crippen LogP contribution in [0.3, 0.4) is 0 Å². The standard InChI is InChI=1S/C12H12ClFN2O3S/c1-7(10-3-2-4-19-10)16-20(17,18)11-6-8(13)5-9(15)12(11)14/h2-7,16H,15H2,1H3. The van der Waals surface area contributed by atoms with E-state index in [2.05, 4.69) is 4.72 Å². The highest BCUT2D eigenvalue weighted by Crippen LogP contribution is 2.26. The molecule has 3 N–H and O–H groups in total. The maximum Gasteiger partial charge on any atom is 0.244 e. The van der Waals surface area contributed by atoms with E-state index in [0.717, 1.165) is 12.1 Å². The van der Waals surface area contributed by atoms with Gasteiger partial charge in [0.2, 0.25) is 10.0 Å². The number of furan rings is 1. The lowest BCUT2D eigenvalue weighted by Crippen LogP contribution is -2.27. The highest BCUT2D eigenvalue weighted by atomic mass is 35.5. The van der Waals surface area contributed by atoms with Gasteiger partial charge in [0, 0.05) is 5.02 Å². The predicted molar refractivity (Wildman–Crippen MR) is 73.3 cm³/mol. The minimum Gasteiger partial charge on any atom is -0.468 e. The lowest BCUT2D eigenvalue weighted by Gasteiger charge is -2.13. The molecule has 5 nitrogen and oxygen atoms in total. The lowest BCUT2D eigenvalue weighted by molar-refractivity contribution is 0.458. The summed E-state index contributed by atoms with van der Waals surface area (Å²) in [6.07, 6.45) is 1.41. The van der Waals surface area contributed by atoms with Crippen molar-refractivity contribution in [3.05, 3.63) is 47.1 Å². The van der Waals surface area contributed by atoms with Gasteiger partial charge in [-0.3, -0.25) is 0 Å². The van der Waals surface area contributed by atoms with Crippen molar-refractivity contribution in [2.24, 2.45) is 0 Å². The summed E-state index contributed by atoms with van der Waals surface area (Å²) in [7, 11) is -4.11. The summed E-state index contributed by atoms with van der Waals surface area (Å²) in [4.78, 5) is -0.596. The van der Waals surface area contributed by atoms with E-state index in [4.69, 9.17) is 21.8 Å². The summed E-state index contributed by atoms with van der Waals surface area (Å²) in [6, 6.07) is 4.72. The summed E-state index contributed by atoms with van der Waals surface area (Å²) >= 11 is 5.71. The van der Waals surface area contributed by atoms with Gasteiger partial charge in [0.1, 0.15) is 10.7 Å². The van der Waals surface area contributed by atoms with Crippen LogP contribution >= 0.6 is 11.6 Å². The lowest BCUT2D eigenvalue weighted by atomic mass is 10.3. The van der Waals surface area contributed by atoms with Gasteiger partial charge in [-0.25, -0.2) is 17.5 Å². The number of rotatable bonds is 4. The maximum atomic E-state index is 13.8. The SMILES string of the molecule is CC(NS(=O)(=O)c1cc(Cl)cc(N)c1F)c1ccco1. The molecular weight excluding hydrogens is 307 g/mol. The number of hydrogen-bond acceptors (Lipinski definition) is 4. The Morgan fingerprint density at radius 3 is 2.75 bits per heavy atom. The van der Waals surface area contributed by atoms with Crippen molar-refractivity contribution in [1.29, 1.82) is 0 Å². The number of anilines is 1. The van der Waals surface area contributed by atoms with Crippen molar-refractivity contribution in [2.45, 2.75) is 17.9 Å². The molecule has 1 aromatic carbocycles. The average Bonchev–Trinajstić information content (AvgIpc) is 2.86. The van der Waals surface area contributed by atoms with Crippen molar-refractivity contribution in [1.82, 2.24) is 4.72 Å². The first kappa shape index (κ1) is 14.8. The first-order valence-corrected chi connectivity index (χ1v) is 7.47. The second-order valence-corrected chi connectivity index (χ2v) is 6.28. The largest absolute Gasteiger partial charge is 0.468 e. The molecule has 0 aliphatic rings. The molecule has 1 unspecified atom stereocenters. The highest BCUT2D eigenvalue weighted by molar-refractivity contribution is 7.89. The van der Waals surface area contributed by atoms with E-state index in [-0.39, 0.29) is 10.7 Å². The van der Waals surface area contributed by atoms with E-state index in [1.54, 1.807) is 19.1 Å². The molecule has 8 heteroatoms. The molecule has 1 heterocycles. The van der Waals surface area contributed by atoms with Gasteiger partial charge >= 0.3 is 0 Å². The van der Waals surface area contributed by atoms with Crippen LogP contribution in [0.25, 0.3) is 0 Å². The zero-order valence-electron chi connectivity index (χ0n) is 10.4. The second kappa shape index (κ2) is 5.43. The Kier molecular flexibility index (Phi) is 4.03. The predicted octanol–water partition coefficient (Wildman–Crippen LogP) is 2.69. The van der Waals surface area contributed by atoms with Gasteiger partial charge in [-0.2, -0.15) is 0 Å². The van der Waals surface area contributed by atoms with Gasteiger partial charge in [-0.15, -0.1) is 0 Å². The summed E-state index contributed by atoms with van der Waals surface area (Å²) in [6.45, 7) is 1.57. The number of benzene rings is 1. The molecule has 0 aliphatic carbocycles. The van der Waals surface area contributed by atoms with E-state index in [1.807, 2.05) is 0 Å². The fourth-order valence-electron chi connectivity index (χ4n) is 1.67. The molecule has 2 rings (SSSR count). The zero-order chi connectivity index (χ0) is 14.9. The summed E-state index contributed by atoms with van der Waals surface area (Å²) in [5, 5.41) is 0.0370. The quantitative estimate of drug-likeness (QED) is 0.849. The molecule has 0 radical (unpaired) electrons. The summed E-state index contributed by atoms with van der Waals surface area (Å²) in [5.74, 6) is -0.627. The van der Waals surface area contributed by atoms with Crippen LogP contribution in [0.1, 0.15) is 18.7 Å². The second-order valence-electron chi connectivity index (χ2n) is 4.17. The minimum absolute atomic E-state index is 0.0370. The number of nitrogens with one attached hydrogen (secondary N) is 1. The van der Waals surface area contributed by atoms with E-state index >= 15 is 0 Å². The Morgan fingerprint density at radius 2 is 2.15 bits per heavy atom. The molecular formula is C12H12ClFN2O3S. The Morgan fingerprint density at radius 1 is 1.45 bits per heavy atom. The molecule has 0 bridgehead atoms. The van der Waals surface area contributed by atoms with Crippen molar-refractivity contribution < 1.29 is 17.2 Å². The molecule has 0 aliphatic heterocycles. The summed E-state index contributed by atoms with van der Waals surface area (Å²) < 4.78 is 45.5. The monoisotopic (exact) mass is 318 g/mol. The average molecular weight is 319 g/mol. The Balaban J connectivity index is 2.36. The van der Waals surface area contributed by atoms with Gasteiger partial charge in [0.15, 0.2) is 5.82 Å². The van der Waals surface area contributed by atoms with Crippen LogP contribution < -0.4 is 10.5 Å². The fraction of sp³-hybridized carbons (Fsp3) is 0.167. The van der Waals surface area contributed by atoms with Crippen LogP contribution in [-0.4, -0.2) is 8.42 Å². The van der Waals surface area contributed by atoms with E-state index in [0.29, 0.717) is 5.76 Å². The Labute approximate surface area is 120 Å². The van der Waals surface area contributed by atoms with Crippen LogP contribution in [-0.2, 0) is 10.0 Å².